The highest BCUT2D eigenvalue weighted by molar-refractivity contribution is 5.55. The van der Waals surface area contributed by atoms with Crippen LogP contribution in [0.2, 0.25) is 0 Å². The number of rotatable bonds is 5. The van der Waals surface area contributed by atoms with E-state index in [0.29, 0.717) is 11.6 Å². The van der Waals surface area contributed by atoms with Crippen LogP contribution in [0.3, 0.4) is 0 Å². The SMILES string of the molecule is CCCC1CCCN(c2cc([N+](=O)[O-])cc(NC)n2)CC1. The van der Waals surface area contributed by atoms with Crippen LogP contribution < -0.4 is 10.2 Å². The summed E-state index contributed by atoms with van der Waals surface area (Å²) in [4.78, 5) is 17.3. The van der Waals surface area contributed by atoms with Crippen LogP contribution in [0.25, 0.3) is 0 Å². The molecule has 1 unspecified atom stereocenters. The van der Waals surface area contributed by atoms with E-state index in [4.69, 9.17) is 0 Å². The average molecular weight is 292 g/mol. The summed E-state index contributed by atoms with van der Waals surface area (Å²) in [5.74, 6) is 2.04. The van der Waals surface area contributed by atoms with Gasteiger partial charge in [-0.15, -0.1) is 0 Å². The van der Waals surface area contributed by atoms with E-state index < -0.39 is 0 Å². The summed E-state index contributed by atoms with van der Waals surface area (Å²) in [7, 11) is 1.73. The maximum atomic E-state index is 11.0. The molecule has 0 amide bonds. The van der Waals surface area contributed by atoms with E-state index in [1.54, 1.807) is 13.1 Å². The lowest BCUT2D eigenvalue weighted by atomic mass is 9.96. The van der Waals surface area contributed by atoms with Crippen molar-refractivity contribution in [3.05, 3.63) is 22.2 Å². The zero-order valence-corrected chi connectivity index (χ0v) is 12.8. The number of hydrogen-bond donors (Lipinski definition) is 1. The fraction of sp³-hybridized carbons (Fsp3) is 0.667. The molecule has 1 aromatic heterocycles. The quantitative estimate of drug-likeness (QED) is 0.665. The molecule has 116 valence electrons. The second-order valence-corrected chi connectivity index (χ2v) is 5.65. The molecule has 1 aliphatic heterocycles. The van der Waals surface area contributed by atoms with Crippen molar-refractivity contribution in [3.8, 4) is 0 Å². The van der Waals surface area contributed by atoms with Crippen molar-refractivity contribution >= 4 is 17.3 Å². The van der Waals surface area contributed by atoms with Crippen LogP contribution in [0, 0.1) is 16.0 Å². The highest BCUT2D eigenvalue weighted by atomic mass is 16.6. The van der Waals surface area contributed by atoms with E-state index >= 15 is 0 Å². The van der Waals surface area contributed by atoms with Crippen LogP contribution in [-0.2, 0) is 0 Å². The van der Waals surface area contributed by atoms with Crippen molar-refractivity contribution in [2.45, 2.75) is 39.0 Å². The Labute approximate surface area is 125 Å². The van der Waals surface area contributed by atoms with Gasteiger partial charge < -0.3 is 10.2 Å². The zero-order chi connectivity index (χ0) is 15.2. The number of nitrogens with zero attached hydrogens (tertiary/aromatic N) is 3. The highest BCUT2D eigenvalue weighted by Gasteiger charge is 2.20. The Balaban J connectivity index is 2.16. The van der Waals surface area contributed by atoms with E-state index in [1.807, 2.05) is 0 Å². The predicted octanol–water partition coefficient (Wildman–Crippen LogP) is 3.44. The van der Waals surface area contributed by atoms with Gasteiger partial charge >= 0.3 is 0 Å². The van der Waals surface area contributed by atoms with Gasteiger partial charge in [0.25, 0.3) is 5.69 Å². The third-order valence-corrected chi connectivity index (χ3v) is 4.13. The molecule has 0 bridgehead atoms. The molecular weight excluding hydrogens is 268 g/mol. The Bertz CT molecular complexity index is 493. The summed E-state index contributed by atoms with van der Waals surface area (Å²) < 4.78 is 0. The van der Waals surface area contributed by atoms with E-state index in [0.717, 1.165) is 31.8 Å². The van der Waals surface area contributed by atoms with Crippen molar-refractivity contribution in [3.63, 3.8) is 0 Å². The van der Waals surface area contributed by atoms with Crippen molar-refractivity contribution in [1.29, 1.82) is 0 Å². The topological polar surface area (TPSA) is 71.3 Å². The molecule has 2 rings (SSSR count). The fourth-order valence-corrected chi connectivity index (χ4v) is 2.99. The monoisotopic (exact) mass is 292 g/mol. The first-order valence-corrected chi connectivity index (χ1v) is 7.73. The standard InChI is InChI=1S/C15H24N4O2/c1-3-5-12-6-4-8-18(9-7-12)15-11-13(19(20)21)10-14(16-2)17-15/h10-12H,3-9H2,1-2H3,(H,16,17). The molecule has 0 saturated carbocycles. The first-order valence-electron chi connectivity index (χ1n) is 7.73. The van der Waals surface area contributed by atoms with Gasteiger partial charge in [-0.05, 0) is 25.2 Å². The summed E-state index contributed by atoms with van der Waals surface area (Å²) in [5, 5.41) is 13.9. The number of nitrogens with one attached hydrogen (secondary N) is 1. The Kier molecular flexibility index (Phi) is 5.36. The van der Waals surface area contributed by atoms with E-state index in [1.165, 1.54) is 25.3 Å². The van der Waals surface area contributed by atoms with Crippen molar-refractivity contribution in [1.82, 2.24) is 4.98 Å². The molecule has 1 atom stereocenters. The lowest BCUT2D eigenvalue weighted by molar-refractivity contribution is -0.384. The van der Waals surface area contributed by atoms with E-state index in [2.05, 4.69) is 22.1 Å². The average Bonchev–Trinajstić information content (AvgIpc) is 2.73. The van der Waals surface area contributed by atoms with Gasteiger partial charge in [-0.25, -0.2) is 4.98 Å². The number of pyridine rings is 1. The largest absolute Gasteiger partial charge is 0.373 e. The number of nitro groups is 1. The first kappa shape index (κ1) is 15.5. The van der Waals surface area contributed by atoms with Gasteiger partial charge in [0.2, 0.25) is 0 Å². The van der Waals surface area contributed by atoms with Crippen LogP contribution in [-0.4, -0.2) is 30.0 Å². The zero-order valence-electron chi connectivity index (χ0n) is 12.8. The maximum absolute atomic E-state index is 11.0. The molecule has 21 heavy (non-hydrogen) atoms. The number of hydrogen-bond acceptors (Lipinski definition) is 5. The molecule has 1 aromatic rings. The van der Waals surface area contributed by atoms with Gasteiger partial charge in [-0.2, -0.15) is 0 Å². The molecule has 0 aromatic carbocycles. The van der Waals surface area contributed by atoms with Crippen LogP contribution in [0.5, 0.6) is 0 Å². The van der Waals surface area contributed by atoms with Crippen molar-refractivity contribution in [2.24, 2.45) is 5.92 Å². The predicted molar refractivity (Wildman–Crippen MR) is 84.9 cm³/mol. The molecule has 1 N–H and O–H groups in total. The molecule has 1 aliphatic rings. The molecule has 0 spiro atoms. The molecule has 0 radical (unpaired) electrons. The van der Waals surface area contributed by atoms with Crippen LogP contribution in [0.15, 0.2) is 12.1 Å². The third-order valence-electron chi connectivity index (χ3n) is 4.13. The highest BCUT2D eigenvalue weighted by Crippen LogP contribution is 2.28. The minimum absolute atomic E-state index is 0.0960. The van der Waals surface area contributed by atoms with E-state index in [9.17, 15) is 10.1 Å². The van der Waals surface area contributed by atoms with Crippen LogP contribution in [0.1, 0.15) is 39.0 Å². The Morgan fingerprint density at radius 3 is 2.90 bits per heavy atom. The van der Waals surface area contributed by atoms with Gasteiger partial charge in [-0.1, -0.05) is 19.8 Å². The van der Waals surface area contributed by atoms with Crippen LogP contribution in [0.4, 0.5) is 17.3 Å². The smallest absolute Gasteiger partial charge is 0.276 e. The van der Waals surface area contributed by atoms with Gasteiger partial charge in [0.05, 0.1) is 17.1 Å². The number of anilines is 2. The molecule has 6 nitrogen and oxygen atoms in total. The van der Waals surface area contributed by atoms with Crippen molar-refractivity contribution in [2.75, 3.05) is 30.4 Å². The minimum atomic E-state index is -0.357. The van der Waals surface area contributed by atoms with Gasteiger partial charge in [0, 0.05) is 20.1 Å². The second kappa shape index (κ2) is 7.24. The van der Waals surface area contributed by atoms with Gasteiger partial charge in [0.15, 0.2) is 0 Å². The number of aromatic nitrogens is 1. The molecule has 6 heteroatoms. The second-order valence-electron chi connectivity index (χ2n) is 5.65. The molecule has 2 heterocycles. The van der Waals surface area contributed by atoms with Crippen LogP contribution >= 0.6 is 0 Å². The van der Waals surface area contributed by atoms with Crippen molar-refractivity contribution < 1.29 is 4.92 Å². The Hall–Kier alpha value is -1.85. The molecule has 1 saturated heterocycles. The first-order chi connectivity index (χ1) is 10.1. The fourth-order valence-electron chi connectivity index (χ4n) is 2.99. The molecule has 1 fully saturated rings. The lowest BCUT2D eigenvalue weighted by Gasteiger charge is -2.22. The minimum Gasteiger partial charge on any atom is -0.373 e. The van der Waals surface area contributed by atoms with Gasteiger partial charge in [-0.3, -0.25) is 10.1 Å². The maximum Gasteiger partial charge on any atom is 0.276 e. The molecular formula is C15H24N4O2. The summed E-state index contributed by atoms with van der Waals surface area (Å²) >= 11 is 0. The normalized spacial score (nSPS) is 19.1. The summed E-state index contributed by atoms with van der Waals surface area (Å²) in [6, 6.07) is 3.06. The molecule has 0 aliphatic carbocycles. The third kappa shape index (κ3) is 4.06. The van der Waals surface area contributed by atoms with E-state index in [-0.39, 0.29) is 10.6 Å². The Morgan fingerprint density at radius 1 is 1.43 bits per heavy atom. The summed E-state index contributed by atoms with van der Waals surface area (Å²) in [5.41, 5.74) is 0.0960. The summed E-state index contributed by atoms with van der Waals surface area (Å²) in [6.45, 7) is 4.09. The Morgan fingerprint density at radius 2 is 2.24 bits per heavy atom. The summed E-state index contributed by atoms with van der Waals surface area (Å²) in [6.07, 6.45) is 6.02. The lowest BCUT2D eigenvalue weighted by Crippen LogP contribution is -2.25. The van der Waals surface area contributed by atoms with Gasteiger partial charge in [0.1, 0.15) is 11.6 Å².